The molecule has 1 aliphatic heterocycles. The van der Waals surface area contributed by atoms with Gasteiger partial charge in [0.25, 0.3) is 5.91 Å². The van der Waals surface area contributed by atoms with Crippen LogP contribution < -0.4 is 0 Å². The first kappa shape index (κ1) is 27.4. The fourth-order valence-electron chi connectivity index (χ4n) is 7.10. The zero-order valence-corrected chi connectivity index (χ0v) is 22.8. The van der Waals surface area contributed by atoms with Crippen LogP contribution in [0.3, 0.4) is 0 Å². The molecule has 1 amide bonds. The third kappa shape index (κ3) is 4.33. The Morgan fingerprint density at radius 1 is 0.927 bits per heavy atom. The van der Waals surface area contributed by atoms with Crippen molar-refractivity contribution in [1.29, 1.82) is 0 Å². The van der Waals surface area contributed by atoms with Gasteiger partial charge in [-0.3, -0.25) is 9.69 Å². The topological polar surface area (TPSA) is 39.3 Å². The molecular weight excluding hydrogens is 537 g/mol. The van der Waals surface area contributed by atoms with E-state index in [-0.39, 0.29) is 11.4 Å². The number of amides is 1. The highest BCUT2D eigenvalue weighted by atomic mass is 19.4. The molecule has 0 radical (unpaired) electrons. The number of aromatic amines is 1. The monoisotopic (exact) mass is 567 g/mol. The van der Waals surface area contributed by atoms with Crippen LogP contribution in [0.1, 0.15) is 58.4 Å². The van der Waals surface area contributed by atoms with Gasteiger partial charge < -0.3 is 9.88 Å². The van der Waals surface area contributed by atoms with Crippen molar-refractivity contribution in [3.05, 3.63) is 106 Å². The van der Waals surface area contributed by atoms with Crippen LogP contribution in [0.25, 0.3) is 10.9 Å². The van der Waals surface area contributed by atoms with E-state index in [2.05, 4.69) is 9.88 Å². The number of fused-ring (bicyclic) bond motifs is 4. The molecular formula is C32H30F5N3O. The summed E-state index contributed by atoms with van der Waals surface area (Å²) >= 11 is 0. The first-order valence-corrected chi connectivity index (χ1v) is 13.7. The van der Waals surface area contributed by atoms with Crippen LogP contribution >= 0.6 is 0 Å². The van der Waals surface area contributed by atoms with Crippen molar-refractivity contribution in [3.8, 4) is 0 Å². The molecule has 41 heavy (non-hydrogen) atoms. The van der Waals surface area contributed by atoms with Crippen molar-refractivity contribution in [3.63, 3.8) is 0 Å². The number of halogens is 5. The molecule has 1 aliphatic carbocycles. The van der Waals surface area contributed by atoms with Gasteiger partial charge in [-0.05, 0) is 93.7 Å². The maximum atomic E-state index is 15.1. The summed E-state index contributed by atoms with van der Waals surface area (Å²) in [7, 11) is 3.91. The predicted octanol–water partition coefficient (Wildman–Crippen LogP) is 7.39. The Bertz CT molecular complexity index is 1630. The van der Waals surface area contributed by atoms with E-state index in [1.807, 2.05) is 44.4 Å². The van der Waals surface area contributed by atoms with E-state index in [0.717, 1.165) is 39.9 Å². The van der Waals surface area contributed by atoms with E-state index in [4.69, 9.17) is 0 Å². The standard InChI is InChI=1S/C32H30F5N3O/c1-39(2)30(20-6-5-7-22(33)18-20)13-15-31(16-14-30)28-24(23-8-3-4-9-27(23)38-28)12-17-40(31)29(41)25-11-10-21(19-26(25)34)32(35,36)37/h3-11,18-19,38H,12-17H2,1-2H3. The number of nitrogens with one attached hydrogen (secondary N) is 1. The Morgan fingerprint density at radius 3 is 2.32 bits per heavy atom. The predicted molar refractivity (Wildman–Crippen MR) is 146 cm³/mol. The maximum absolute atomic E-state index is 15.1. The smallest absolute Gasteiger partial charge is 0.356 e. The lowest BCUT2D eigenvalue weighted by Gasteiger charge is -2.55. The molecule has 0 saturated heterocycles. The lowest BCUT2D eigenvalue weighted by molar-refractivity contribution is -0.137. The lowest BCUT2D eigenvalue weighted by Crippen LogP contribution is -2.58. The first-order chi connectivity index (χ1) is 19.5. The number of para-hydroxylation sites is 1. The number of alkyl halides is 3. The van der Waals surface area contributed by atoms with E-state index in [1.54, 1.807) is 17.0 Å². The molecule has 0 unspecified atom stereocenters. The Kier molecular flexibility index (Phi) is 6.48. The number of H-pyrrole nitrogens is 1. The van der Waals surface area contributed by atoms with Gasteiger partial charge in [0.15, 0.2) is 0 Å². The van der Waals surface area contributed by atoms with Crippen molar-refractivity contribution >= 4 is 16.8 Å². The van der Waals surface area contributed by atoms with Gasteiger partial charge in [0, 0.05) is 28.7 Å². The summed E-state index contributed by atoms with van der Waals surface area (Å²) < 4.78 is 69.1. The second-order valence-corrected chi connectivity index (χ2v) is 11.4. The van der Waals surface area contributed by atoms with Crippen molar-refractivity contribution in [2.75, 3.05) is 20.6 Å². The lowest BCUT2D eigenvalue weighted by atomic mass is 9.65. The highest BCUT2D eigenvalue weighted by Gasteiger charge is 2.53. The van der Waals surface area contributed by atoms with Crippen LogP contribution in [0.15, 0.2) is 66.7 Å². The van der Waals surface area contributed by atoms with Gasteiger partial charge in [-0.25, -0.2) is 8.78 Å². The van der Waals surface area contributed by atoms with Gasteiger partial charge in [0.2, 0.25) is 0 Å². The van der Waals surface area contributed by atoms with Crippen LogP contribution in [0, 0.1) is 11.6 Å². The molecule has 6 rings (SSSR count). The zero-order valence-electron chi connectivity index (χ0n) is 22.8. The summed E-state index contributed by atoms with van der Waals surface area (Å²) in [6.07, 6.45) is -2.04. The molecule has 4 aromatic rings. The van der Waals surface area contributed by atoms with Crippen molar-refractivity contribution < 1.29 is 26.7 Å². The van der Waals surface area contributed by atoms with E-state index in [1.165, 1.54) is 6.07 Å². The van der Waals surface area contributed by atoms with Gasteiger partial charge in [-0.1, -0.05) is 30.3 Å². The second kappa shape index (κ2) is 9.69. The maximum Gasteiger partial charge on any atom is 0.416 e. The van der Waals surface area contributed by atoms with Crippen molar-refractivity contribution in [1.82, 2.24) is 14.8 Å². The molecule has 4 nitrogen and oxygen atoms in total. The van der Waals surface area contributed by atoms with Crippen LogP contribution in [-0.2, 0) is 23.7 Å². The molecule has 214 valence electrons. The van der Waals surface area contributed by atoms with Crippen molar-refractivity contribution in [2.24, 2.45) is 0 Å². The number of benzene rings is 3. The third-order valence-corrected chi connectivity index (χ3v) is 9.28. The van der Waals surface area contributed by atoms with Crippen LogP contribution in [-0.4, -0.2) is 41.3 Å². The number of carbonyl (C=O) groups is 1. The molecule has 3 aromatic carbocycles. The number of carbonyl (C=O) groups excluding carboxylic acids is 1. The summed E-state index contributed by atoms with van der Waals surface area (Å²) in [4.78, 5) is 21.3. The highest BCUT2D eigenvalue weighted by Crippen LogP contribution is 2.54. The quantitative estimate of drug-likeness (QED) is 0.262. The fourth-order valence-corrected chi connectivity index (χ4v) is 7.10. The number of rotatable bonds is 3. The Hall–Kier alpha value is -3.72. The molecule has 1 spiro atoms. The normalized spacial score (nSPS) is 22.9. The number of nitrogens with zero attached hydrogens (tertiary/aromatic N) is 2. The van der Waals surface area contributed by atoms with Crippen LogP contribution in [0.5, 0.6) is 0 Å². The summed E-state index contributed by atoms with van der Waals surface area (Å²) in [5, 5.41) is 1.06. The fraction of sp³-hybridized carbons (Fsp3) is 0.344. The molecule has 1 N–H and O–H groups in total. The summed E-state index contributed by atoms with van der Waals surface area (Å²) in [6.45, 7) is 0.295. The van der Waals surface area contributed by atoms with Gasteiger partial charge in [-0.15, -0.1) is 0 Å². The van der Waals surface area contributed by atoms with Crippen LogP contribution in [0.4, 0.5) is 22.0 Å². The summed E-state index contributed by atoms with van der Waals surface area (Å²) in [5.41, 5.74) is 0.903. The average Bonchev–Trinajstić information content (AvgIpc) is 3.33. The van der Waals surface area contributed by atoms with Gasteiger partial charge in [-0.2, -0.15) is 13.2 Å². The van der Waals surface area contributed by atoms with Gasteiger partial charge in [0.1, 0.15) is 11.6 Å². The summed E-state index contributed by atoms with van der Waals surface area (Å²) in [5.74, 6) is -2.15. The van der Waals surface area contributed by atoms with E-state index >= 15 is 4.39 Å². The molecule has 2 heterocycles. The Morgan fingerprint density at radius 2 is 1.66 bits per heavy atom. The molecule has 9 heteroatoms. The highest BCUT2D eigenvalue weighted by molar-refractivity contribution is 5.96. The first-order valence-electron chi connectivity index (χ1n) is 13.7. The Balaban J connectivity index is 1.45. The van der Waals surface area contributed by atoms with Crippen molar-refractivity contribution in [2.45, 2.75) is 49.4 Å². The van der Waals surface area contributed by atoms with Gasteiger partial charge in [0.05, 0.1) is 16.7 Å². The minimum absolute atomic E-state index is 0.295. The molecule has 0 bridgehead atoms. The zero-order chi connectivity index (χ0) is 29.2. The summed E-state index contributed by atoms with van der Waals surface area (Å²) in [6, 6.07) is 16.5. The Labute approximate surface area is 234 Å². The SMILES string of the molecule is CN(C)C1(c2cccc(F)c2)CCC2(CC1)c1[nH]c3ccccc3c1CCN2C(=O)c1ccc(C(F)(F)F)cc1F. The number of hydrogen-bond acceptors (Lipinski definition) is 2. The molecule has 1 saturated carbocycles. The molecule has 1 fully saturated rings. The molecule has 1 aromatic heterocycles. The second-order valence-electron chi connectivity index (χ2n) is 11.4. The van der Waals surface area contributed by atoms with E-state index < -0.39 is 34.5 Å². The van der Waals surface area contributed by atoms with E-state index in [0.29, 0.717) is 44.7 Å². The number of hydrogen-bond donors (Lipinski definition) is 1. The minimum atomic E-state index is -4.72. The van der Waals surface area contributed by atoms with Gasteiger partial charge >= 0.3 is 6.18 Å². The molecule has 2 aliphatic rings. The minimum Gasteiger partial charge on any atom is -0.356 e. The van der Waals surface area contributed by atoms with Crippen LogP contribution in [0.2, 0.25) is 0 Å². The largest absolute Gasteiger partial charge is 0.416 e. The van der Waals surface area contributed by atoms with E-state index in [9.17, 15) is 22.4 Å². The molecule has 0 atom stereocenters. The third-order valence-electron chi connectivity index (χ3n) is 9.28. The average molecular weight is 568 g/mol. The number of aromatic nitrogens is 1.